The van der Waals surface area contributed by atoms with E-state index in [2.05, 4.69) is 317 Å². The van der Waals surface area contributed by atoms with Gasteiger partial charge in [-0.25, -0.2) is 0 Å². The molecule has 0 saturated carbocycles. The van der Waals surface area contributed by atoms with Crippen LogP contribution in [-0.4, -0.2) is 6.71 Å². The Balaban J connectivity index is 1.18. The predicted molar refractivity (Wildman–Crippen MR) is 360 cm³/mol. The molecule has 0 spiro atoms. The summed E-state index contributed by atoms with van der Waals surface area (Å²) in [6, 6.07) is 82.4. The molecule has 0 bridgehead atoms. The molecule has 4 aliphatic rings. The fraction of sp³-hybridized carbons (Fsp3) is 0.250. The number of rotatable bonds is 6. The van der Waals surface area contributed by atoms with Crippen LogP contribution in [0.25, 0.3) is 33.4 Å². The van der Waals surface area contributed by atoms with Crippen LogP contribution in [0.3, 0.4) is 0 Å². The van der Waals surface area contributed by atoms with Gasteiger partial charge in [0, 0.05) is 50.7 Å². The van der Waals surface area contributed by atoms with Crippen LogP contribution in [0.2, 0.25) is 0 Å². The molecule has 2 unspecified atom stereocenters. The molecule has 0 fully saturated rings. The number of benzene rings is 10. The maximum absolute atomic E-state index is 2.83. The van der Waals surface area contributed by atoms with Gasteiger partial charge in [-0.1, -0.05) is 239 Å². The first kappa shape index (κ1) is 53.7. The minimum Gasteiger partial charge on any atom is -0.330 e. The van der Waals surface area contributed by atoms with E-state index >= 15 is 0 Å². The van der Waals surface area contributed by atoms with Gasteiger partial charge in [-0.15, -0.1) is 0 Å². The van der Waals surface area contributed by atoms with Gasteiger partial charge < -0.3 is 14.7 Å². The van der Waals surface area contributed by atoms with E-state index in [-0.39, 0.29) is 28.4 Å². The number of hydrogen-bond donors (Lipinski definition) is 0. The van der Waals surface area contributed by atoms with Gasteiger partial charge in [0.25, 0.3) is 6.71 Å². The van der Waals surface area contributed by atoms with Gasteiger partial charge in [0.2, 0.25) is 0 Å². The van der Waals surface area contributed by atoms with Crippen molar-refractivity contribution in [3.8, 4) is 33.4 Å². The van der Waals surface area contributed by atoms with E-state index in [0.29, 0.717) is 0 Å². The van der Waals surface area contributed by atoms with E-state index in [9.17, 15) is 0 Å². The second kappa shape index (κ2) is 19.1. The van der Waals surface area contributed by atoms with Crippen LogP contribution in [0.15, 0.2) is 212 Å². The van der Waals surface area contributed by atoms with Gasteiger partial charge in [0.15, 0.2) is 0 Å². The van der Waals surface area contributed by atoms with Crippen LogP contribution in [0.4, 0.5) is 45.5 Å². The first-order valence-corrected chi connectivity index (χ1v) is 30.7. The minimum absolute atomic E-state index is 0.0799. The molecule has 0 aromatic heterocycles. The van der Waals surface area contributed by atoms with E-state index in [1.54, 1.807) is 0 Å². The molecular formula is C80H78BN3. The minimum atomic E-state index is -0.449. The van der Waals surface area contributed by atoms with Gasteiger partial charge in [-0.2, -0.15) is 0 Å². The van der Waals surface area contributed by atoms with Gasteiger partial charge in [0.1, 0.15) is 0 Å². The lowest BCUT2D eigenvalue weighted by atomic mass is 9.33. The Morgan fingerprint density at radius 1 is 0.405 bits per heavy atom. The largest absolute Gasteiger partial charge is 0.330 e. The Morgan fingerprint density at radius 3 is 1.48 bits per heavy atom. The van der Waals surface area contributed by atoms with Crippen molar-refractivity contribution in [2.24, 2.45) is 0 Å². The summed E-state index contributed by atoms with van der Waals surface area (Å²) in [7, 11) is 0. The third-order valence-electron chi connectivity index (χ3n) is 19.9. The van der Waals surface area contributed by atoms with Crippen molar-refractivity contribution in [3.05, 3.63) is 257 Å². The van der Waals surface area contributed by atoms with Crippen molar-refractivity contribution >= 4 is 68.6 Å². The highest BCUT2D eigenvalue weighted by atomic mass is 15.3. The van der Waals surface area contributed by atoms with Crippen molar-refractivity contribution in [2.75, 3.05) is 14.7 Å². The SMILES string of the molecule is Cc1cc(C)c2c(c1)C1(C)CCc3ccccc3C1(C)N2c1cc2c3c(c1)N(c1ccc(C(C)(C)C)cc1-c1ccccc1)c1cc(C(C)(C)C)ccc1B3c1cc(-c3ccccc3)ccc1N2c1ccc(C(C)(C)C)cc1-c1ccccc1. The first-order chi connectivity index (χ1) is 40.1. The van der Waals surface area contributed by atoms with Crippen LogP contribution < -0.4 is 31.1 Å². The number of fused-ring (bicyclic) bond motifs is 9. The molecule has 10 aromatic carbocycles. The summed E-state index contributed by atoms with van der Waals surface area (Å²) in [5.41, 5.74) is 30.7. The number of aryl methyl sites for hydroxylation is 3. The molecule has 10 aromatic rings. The smallest absolute Gasteiger partial charge is 0.252 e. The fourth-order valence-corrected chi connectivity index (χ4v) is 15.2. The maximum atomic E-state index is 2.83. The van der Waals surface area contributed by atoms with E-state index in [1.807, 2.05) is 0 Å². The van der Waals surface area contributed by atoms with E-state index in [4.69, 9.17) is 0 Å². The Bertz CT molecular complexity index is 4270. The molecule has 2 atom stereocenters. The zero-order chi connectivity index (χ0) is 58.4. The molecule has 3 heterocycles. The number of anilines is 8. The Labute approximate surface area is 500 Å². The molecule has 14 rings (SSSR count). The topological polar surface area (TPSA) is 9.72 Å². The van der Waals surface area contributed by atoms with Gasteiger partial charge in [-0.3, -0.25) is 0 Å². The van der Waals surface area contributed by atoms with E-state index in [1.165, 1.54) is 134 Å². The highest BCUT2D eigenvalue weighted by Crippen LogP contribution is 2.65. The van der Waals surface area contributed by atoms with Crippen LogP contribution in [-0.2, 0) is 33.6 Å². The molecule has 0 saturated heterocycles. The molecule has 1 aliphatic carbocycles. The molecular weight excluding hydrogens is 1010 g/mol. The summed E-state index contributed by atoms with van der Waals surface area (Å²) < 4.78 is 0. The van der Waals surface area contributed by atoms with Crippen LogP contribution in [0, 0.1) is 13.8 Å². The fourth-order valence-electron chi connectivity index (χ4n) is 15.2. The van der Waals surface area contributed by atoms with Gasteiger partial charge in [0.05, 0.1) is 16.9 Å². The lowest BCUT2D eigenvalue weighted by Gasteiger charge is -2.52. The third kappa shape index (κ3) is 8.21. The average Bonchev–Trinajstić information content (AvgIpc) is 1.36. The number of nitrogens with zero attached hydrogens (tertiary/aromatic N) is 3. The molecule has 0 radical (unpaired) electrons. The zero-order valence-electron chi connectivity index (χ0n) is 51.5. The Hall–Kier alpha value is -8.34. The summed E-state index contributed by atoms with van der Waals surface area (Å²) in [6.07, 6.45) is 2.09. The predicted octanol–water partition coefficient (Wildman–Crippen LogP) is 19.6. The number of hydrogen-bond acceptors (Lipinski definition) is 3. The van der Waals surface area contributed by atoms with Gasteiger partial charge in [-0.05, 0) is 176 Å². The lowest BCUT2D eigenvalue weighted by molar-refractivity contribution is 0.245. The molecule has 416 valence electrons. The molecule has 84 heavy (non-hydrogen) atoms. The maximum Gasteiger partial charge on any atom is 0.252 e. The standard InChI is InChI=1S/C80H78BN3/c1-51-43-52(2)75-65(44-51)79(12)42-41-56-31-23-24-32-64(56)80(79,13)84(75)61-49-72-74-73(50-61)83(69-40-36-59(77(6,7)8)47-63(69)55-29-21-16-22-30-55)71-48-60(78(9,10)11)34-37-66(71)81(74)67-45-57(53-25-17-14-18-26-53)33-38-70(67)82(72)68-39-35-58(76(3,4)5)46-62(68)54-27-19-15-20-28-54/h14-40,43-50H,41-42H2,1-13H3. The molecule has 0 amide bonds. The quantitative estimate of drug-likeness (QED) is 0.154. The molecule has 3 aliphatic heterocycles. The van der Waals surface area contributed by atoms with Gasteiger partial charge >= 0.3 is 0 Å². The third-order valence-corrected chi connectivity index (χ3v) is 19.9. The Kier molecular flexibility index (Phi) is 12.2. The highest BCUT2D eigenvalue weighted by molar-refractivity contribution is 7.00. The van der Waals surface area contributed by atoms with E-state index in [0.717, 1.165) is 18.5 Å². The monoisotopic (exact) mass is 1090 g/mol. The van der Waals surface area contributed by atoms with Crippen molar-refractivity contribution in [1.82, 2.24) is 0 Å². The Morgan fingerprint density at radius 2 is 0.905 bits per heavy atom. The molecule has 3 nitrogen and oxygen atoms in total. The normalized spacial score (nSPS) is 17.7. The molecule has 0 N–H and O–H groups in total. The van der Waals surface area contributed by atoms with E-state index < -0.39 is 5.54 Å². The van der Waals surface area contributed by atoms with Crippen molar-refractivity contribution in [2.45, 2.75) is 130 Å². The lowest BCUT2D eigenvalue weighted by Crippen LogP contribution is -2.61. The summed E-state index contributed by atoms with van der Waals surface area (Å²) in [5.74, 6) is 0. The van der Waals surface area contributed by atoms with Crippen LogP contribution in [0.1, 0.15) is 127 Å². The van der Waals surface area contributed by atoms with Crippen molar-refractivity contribution in [1.29, 1.82) is 0 Å². The second-order valence-corrected chi connectivity index (χ2v) is 28.2. The van der Waals surface area contributed by atoms with Crippen LogP contribution >= 0.6 is 0 Å². The summed E-state index contributed by atoms with van der Waals surface area (Å²) >= 11 is 0. The van der Waals surface area contributed by atoms with Crippen LogP contribution in [0.5, 0.6) is 0 Å². The first-order valence-electron chi connectivity index (χ1n) is 30.7. The second-order valence-electron chi connectivity index (χ2n) is 28.2. The highest BCUT2D eigenvalue weighted by Gasteiger charge is 2.61. The van der Waals surface area contributed by atoms with Crippen molar-refractivity contribution < 1.29 is 0 Å². The summed E-state index contributed by atoms with van der Waals surface area (Å²) in [4.78, 5) is 8.22. The zero-order valence-corrected chi connectivity index (χ0v) is 51.5. The summed E-state index contributed by atoms with van der Waals surface area (Å²) in [5, 5.41) is 0. The van der Waals surface area contributed by atoms with Crippen molar-refractivity contribution in [3.63, 3.8) is 0 Å². The summed E-state index contributed by atoms with van der Waals surface area (Å²) in [6.45, 7) is 30.8. The average molecular weight is 1090 g/mol. The molecule has 4 heteroatoms.